The molecule has 0 aromatic heterocycles. The van der Waals surface area contributed by atoms with E-state index in [0.29, 0.717) is 13.1 Å². The lowest BCUT2D eigenvalue weighted by Crippen LogP contribution is -2.32. The van der Waals surface area contributed by atoms with Gasteiger partial charge in [0.05, 0.1) is 6.10 Å². The fraction of sp³-hybridized carbons (Fsp3) is 0.500. The van der Waals surface area contributed by atoms with Gasteiger partial charge in [-0.15, -0.1) is 0 Å². The quantitative estimate of drug-likeness (QED) is 0.668. The first-order chi connectivity index (χ1) is 7.13. The van der Waals surface area contributed by atoms with E-state index in [4.69, 9.17) is 5.73 Å². The highest BCUT2D eigenvalue weighted by molar-refractivity contribution is 5.29. The molecule has 0 saturated heterocycles. The predicted octanol–water partition coefficient (Wildman–Crippen LogP) is 0.713. The third kappa shape index (κ3) is 4.00. The van der Waals surface area contributed by atoms with Gasteiger partial charge in [0.1, 0.15) is 0 Å². The molecule has 0 bridgehead atoms. The summed E-state index contributed by atoms with van der Waals surface area (Å²) in [7, 11) is 0. The molecule has 4 N–H and O–H groups in total. The highest BCUT2D eigenvalue weighted by atomic mass is 16.3. The summed E-state index contributed by atoms with van der Waals surface area (Å²) in [5.41, 5.74) is 9.15. The molecular weight excluding hydrogens is 188 g/mol. The maximum absolute atomic E-state index is 9.25. The minimum Gasteiger partial charge on any atom is -0.390 e. The standard InChI is InChI=1S/C12H20N2O/c1-9-3-4-11(5-10(9)2)7-14-8-12(15)6-13/h3-5,12,14-15H,6-8,13H2,1-2H3. The lowest BCUT2D eigenvalue weighted by atomic mass is 10.1. The van der Waals surface area contributed by atoms with Crippen LogP contribution in [-0.4, -0.2) is 24.3 Å². The molecule has 0 fully saturated rings. The van der Waals surface area contributed by atoms with E-state index in [0.717, 1.165) is 6.54 Å². The maximum atomic E-state index is 9.25. The van der Waals surface area contributed by atoms with Gasteiger partial charge in [0, 0.05) is 19.6 Å². The number of aryl methyl sites for hydroxylation is 2. The number of hydrogen-bond acceptors (Lipinski definition) is 3. The number of hydrogen-bond donors (Lipinski definition) is 3. The van der Waals surface area contributed by atoms with E-state index in [1.54, 1.807) is 0 Å². The largest absolute Gasteiger partial charge is 0.390 e. The fourth-order valence-electron chi connectivity index (χ4n) is 1.38. The SMILES string of the molecule is Cc1ccc(CNCC(O)CN)cc1C. The van der Waals surface area contributed by atoms with Crippen LogP contribution in [-0.2, 0) is 6.54 Å². The van der Waals surface area contributed by atoms with Gasteiger partial charge in [0.2, 0.25) is 0 Å². The van der Waals surface area contributed by atoms with Crippen LogP contribution in [0.4, 0.5) is 0 Å². The van der Waals surface area contributed by atoms with Gasteiger partial charge < -0.3 is 16.2 Å². The van der Waals surface area contributed by atoms with Gasteiger partial charge in [-0.25, -0.2) is 0 Å². The molecule has 3 heteroatoms. The Balaban J connectivity index is 2.41. The van der Waals surface area contributed by atoms with Crippen molar-refractivity contribution in [3.63, 3.8) is 0 Å². The molecule has 0 spiro atoms. The van der Waals surface area contributed by atoms with Crippen molar-refractivity contribution in [1.82, 2.24) is 5.32 Å². The van der Waals surface area contributed by atoms with Crippen LogP contribution in [0.1, 0.15) is 16.7 Å². The molecule has 15 heavy (non-hydrogen) atoms. The normalized spacial score (nSPS) is 12.8. The summed E-state index contributed by atoms with van der Waals surface area (Å²) < 4.78 is 0. The van der Waals surface area contributed by atoms with Crippen molar-refractivity contribution in [1.29, 1.82) is 0 Å². The van der Waals surface area contributed by atoms with E-state index < -0.39 is 6.10 Å². The van der Waals surface area contributed by atoms with E-state index in [2.05, 4.69) is 37.4 Å². The summed E-state index contributed by atoms with van der Waals surface area (Å²) in [4.78, 5) is 0. The first-order valence-corrected chi connectivity index (χ1v) is 5.28. The number of nitrogens with two attached hydrogens (primary N) is 1. The molecule has 0 amide bonds. The molecule has 0 aliphatic carbocycles. The number of aliphatic hydroxyl groups excluding tert-OH is 1. The summed E-state index contributed by atoms with van der Waals surface area (Å²) in [5.74, 6) is 0. The van der Waals surface area contributed by atoms with Gasteiger partial charge in [0.15, 0.2) is 0 Å². The number of aliphatic hydroxyl groups is 1. The van der Waals surface area contributed by atoms with Gasteiger partial charge >= 0.3 is 0 Å². The second-order valence-corrected chi connectivity index (χ2v) is 3.94. The monoisotopic (exact) mass is 208 g/mol. The summed E-state index contributed by atoms with van der Waals surface area (Å²) in [5, 5.41) is 12.4. The summed E-state index contributed by atoms with van der Waals surface area (Å²) in [6, 6.07) is 6.38. The van der Waals surface area contributed by atoms with Gasteiger partial charge in [0.25, 0.3) is 0 Å². The Morgan fingerprint density at radius 2 is 2.07 bits per heavy atom. The molecule has 1 aromatic rings. The summed E-state index contributed by atoms with van der Waals surface area (Å²) in [6.45, 7) is 5.83. The van der Waals surface area contributed by atoms with Crippen LogP contribution < -0.4 is 11.1 Å². The summed E-state index contributed by atoms with van der Waals surface area (Å²) >= 11 is 0. The van der Waals surface area contributed by atoms with E-state index in [1.165, 1.54) is 16.7 Å². The Hall–Kier alpha value is -0.900. The molecule has 1 aromatic carbocycles. The molecule has 1 rings (SSSR count). The minimum atomic E-state index is -0.448. The minimum absolute atomic E-state index is 0.305. The second-order valence-electron chi connectivity index (χ2n) is 3.94. The zero-order chi connectivity index (χ0) is 11.3. The van der Waals surface area contributed by atoms with Crippen molar-refractivity contribution in [3.05, 3.63) is 34.9 Å². The third-order valence-corrected chi connectivity index (χ3v) is 2.55. The third-order valence-electron chi connectivity index (χ3n) is 2.55. The summed E-state index contributed by atoms with van der Waals surface area (Å²) in [6.07, 6.45) is -0.448. The van der Waals surface area contributed by atoms with Crippen molar-refractivity contribution in [2.24, 2.45) is 5.73 Å². The average Bonchev–Trinajstić information content (AvgIpc) is 2.23. The number of rotatable bonds is 5. The van der Waals surface area contributed by atoms with Crippen LogP contribution in [0.5, 0.6) is 0 Å². The molecule has 1 unspecified atom stereocenters. The Morgan fingerprint density at radius 3 is 2.67 bits per heavy atom. The van der Waals surface area contributed by atoms with Crippen molar-refractivity contribution in [3.8, 4) is 0 Å². The number of benzene rings is 1. The Morgan fingerprint density at radius 1 is 1.33 bits per heavy atom. The van der Waals surface area contributed by atoms with Gasteiger partial charge in [-0.2, -0.15) is 0 Å². The number of nitrogens with one attached hydrogen (secondary N) is 1. The van der Waals surface area contributed by atoms with Crippen molar-refractivity contribution in [2.45, 2.75) is 26.5 Å². The van der Waals surface area contributed by atoms with Gasteiger partial charge in [-0.05, 0) is 30.5 Å². The highest BCUT2D eigenvalue weighted by Gasteiger charge is 2.00. The predicted molar refractivity (Wildman–Crippen MR) is 62.7 cm³/mol. The van der Waals surface area contributed by atoms with Crippen LogP contribution in [0.2, 0.25) is 0 Å². The zero-order valence-electron chi connectivity index (χ0n) is 9.46. The first kappa shape index (κ1) is 12.2. The van der Waals surface area contributed by atoms with Crippen LogP contribution in [0.15, 0.2) is 18.2 Å². The van der Waals surface area contributed by atoms with Crippen LogP contribution in [0.25, 0.3) is 0 Å². The molecule has 0 saturated carbocycles. The van der Waals surface area contributed by atoms with E-state index in [9.17, 15) is 5.11 Å². The highest BCUT2D eigenvalue weighted by Crippen LogP contribution is 2.09. The lowest BCUT2D eigenvalue weighted by Gasteiger charge is -2.10. The molecule has 0 radical (unpaired) electrons. The zero-order valence-corrected chi connectivity index (χ0v) is 9.46. The van der Waals surface area contributed by atoms with Crippen LogP contribution in [0.3, 0.4) is 0 Å². The van der Waals surface area contributed by atoms with E-state index in [-0.39, 0.29) is 0 Å². The molecular formula is C12H20N2O. The topological polar surface area (TPSA) is 58.3 Å². The first-order valence-electron chi connectivity index (χ1n) is 5.28. The molecule has 1 atom stereocenters. The molecule has 0 heterocycles. The molecule has 0 aliphatic rings. The van der Waals surface area contributed by atoms with E-state index >= 15 is 0 Å². The van der Waals surface area contributed by atoms with Gasteiger partial charge in [-0.3, -0.25) is 0 Å². The van der Waals surface area contributed by atoms with Crippen LogP contribution in [0, 0.1) is 13.8 Å². The maximum Gasteiger partial charge on any atom is 0.0786 e. The Kier molecular flexibility index (Phi) is 4.75. The lowest BCUT2D eigenvalue weighted by molar-refractivity contribution is 0.179. The van der Waals surface area contributed by atoms with Crippen LogP contribution >= 0.6 is 0 Å². The van der Waals surface area contributed by atoms with Crippen molar-refractivity contribution >= 4 is 0 Å². The van der Waals surface area contributed by atoms with Crippen molar-refractivity contribution in [2.75, 3.05) is 13.1 Å². The Bertz CT molecular complexity index is 312. The molecule has 0 aliphatic heterocycles. The molecule has 84 valence electrons. The second kappa shape index (κ2) is 5.85. The van der Waals surface area contributed by atoms with Gasteiger partial charge in [-0.1, -0.05) is 18.2 Å². The average molecular weight is 208 g/mol. The fourth-order valence-corrected chi connectivity index (χ4v) is 1.38. The van der Waals surface area contributed by atoms with E-state index in [1.807, 2.05) is 0 Å². The smallest absolute Gasteiger partial charge is 0.0786 e. The Labute approximate surface area is 91.3 Å². The molecule has 3 nitrogen and oxygen atoms in total. The van der Waals surface area contributed by atoms with Crippen molar-refractivity contribution < 1.29 is 5.11 Å².